The third-order valence-corrected chi connectivity index (χ3v) is 4.09. The molecule has 1 aromatic rings. The van der Waals surface area contributed by atoms with Gasteiger partial charge < -0.3 is 15.5 Å². The molecule has 0 saturated heterocycles. The minimum absolute atomic E-state index is 0. The monoisotopic (exact) mass is 540 g/mol. The van der Waals surface area contributed by atoms with Gasteiger partial charge in [-0.2, -0.15) is 13.2 Å². The van der Waals surface area contributed by atoms with Gasteiger partial charge >= 0.3 is 6.18 Å². The van der Waals surface area contributed by atoms with E-state index in [0.29, 0.717) is 27.4 Å². The Morgan fingerprint density at radius 3 is 2.44 bits per heavy atom. The van der Waals surface area contributed by atoms with E-state index in [4.69, 9.17) is 23.2 Å². The summed E-state index contributed by atoms with van der Waals surface area (Å²) in [5.74, 6) is -0.429. The SMILES string of the molecule is CCNC(=NCC(=O)N(C)CC(F)(F)F)NC(C)c1ccc(Cl)c(Cl)c1.I. The van der Waals surface area contributed by atoms with Crippen LogP contribution in [0.5, 0.6) is 0 Å². The molecule has 0 aromatic heterocycles. The number of hydrogen-bond acceptors (Lipinski definition) is 2. The van der Waals surface area contributed by atoms with Crippen LogP contribution >= 0.6 is 47.2 Å². The quantitative estimate of drug-likeness (QED) is 0.322. The molecule has 0 radical (unpaired) electrons. The highest BCUT2D eigenvalue weighted by molar-refractivity contribution is 14.0. The molecule has 5 nitrogen and oxygen atoms in total. The Balaban J connectivity index is 0.00000676. The van der Waals surface area contributed by atoms with E-state index in [0.717, 1.165) is 12.6 Å². The van der Waals surface area contributed by atoms with Crippen molar-refractivity contribution >= 4 is 59.0 Å². The number of carbonyl (C=O) groups excluding carboxylic acids is 1. The van der Waals surface area contributed by atoms with Gasteiger partial charge in [0.05, 0.1) is 16.1 Å². The molecule has 0 fully saturated rings. The number of halogens is 6. The Labute approximate surface area is 183 Å². The molecular weight excluding hydrogens is 519 g/mol. The van der Waals surface area contributed by atoms with Crippen LogP contribution < -0.4 is 10.6 Å². The molecule has 154 valence electrons. The van der Waals surface area contributed by atoms with Gasteiger partial charge in [0.25, 0.3) is 0 Å². The normalized spacial score (nSPS) is 12.8. The van der Waals surface area contributed by atoms with Crippen LogP contribution in [0.4, 0.5) is 13.2 Å². The zero-order valence-corrected chi connectivity index (χ0v) is 18.9. The topological polar surface area (TPSA) is 56.7 Å². The van der Waals surface area contributed by atoms with Gasteiger partial charge in [0, 0.05) is 13.6 Å². The van der Waals surface area contributed by atoms with Crippen molar-refractivity contribution < 1.29 is 18.0 Å². The Morgan fingerprint density at radius 1 is 1.30 bits per heavy atom. The highest BCUT2D eigenvalue weighted by Gasteiger charge is 2.31. The lowest BCUT2D eigenvalue weighted by Gasteiger charge is -2.20. The third kappa shape index (κ3) is 9.70. The molecule has 11 heteroatoms. The molecule has 0 saturated carbocycles. The predicted octanol–water partition coefficient (Wildman–Crippen LogP) is 4.25. The standard InChI is InChI=1S/C16H21Cl2F3N4O.HI/c1-4-22-15(23-8-14(26)25(3)9-16(19,20)21)24-10(2)11-5-6-12(17)13(18)7-11;/h5-7,10H,4,8-9H2,1-3H3,(H2,22,23,24);1H. The Morgan fingerprint density at radius 2 is 1.93 bits per heavy atom. The maximum atomic E-state index is 12.3. The lowest BCUT2D eigenvalue weighted by molar-refractivity contribution is -0.157. The fourth-order valence-corrected chi connectivity index (χ4v) is 2.32. The van der Waals surface area contributed by atoms with Crippen molar-refractivity contribution in [2.24, 2.45) is 4.99 Å². The van der Waals surface area contributed by atoms with Crippen LogP contribution in [0.1, 0.15) is 25.5 Å². The van der Waals surface area contributed by atoms with E-state index < -0.39 is 25.2 Å². The molecule has 1 rings (SSSR count). The Kier molecular flexibility index (Phi) is 11.4. The van der Waals surface area contributed by atoms with E-state index in [-0.39, 0.29) is 30.0 Å². The molecule has 1 amide bonds. The number of rotatable bonds is 6. The van der Waals surface area contributed by atoms with E-state index in [2.05, 4.69) is 15.6 Å². The number of aliphatic imine (C=N–C) groups is 1. The van der Waals surface area contributed by atoms with E-state index >= 15 is 0 Å². The molecule has 27 heavy (non-hydrogen) atoms. The van der Waals surface area contributed by atoms with Gasteiger partial charge in [-0.3, -0.25) is 4.79 Å². The molecule has 0 bridgehead atoms. The number of hydrogen-bond donors (Lipinski definition) is 2. The largest absolute Gasteiger partial charge is 0.406 e. The van der Waals surface area contributed by atoms with Crippen molar-refractivity contribution in [2.45, 2.75) is 26.1 Å². The summed E-state index contributed by atoms with van der Waals surface area (Å²) in [6, 6.07) is 4.94. The summed E-state index contributed by atoms with van der Waals surface area (Å²) in [6.45, 7) is 2.48. The molecular formula is C16H22Cl2F3IN4O. The second kappa shape index (κ2) is 11.8. The summed E-state index contributed by atoms with van der Waals surface area (Å²) in [7, 11) is 1.09. The van der Waals surface area contributed by atoms with Crippen LogP contribution in [0.25, 0.3) is 0 Å². The van der Waals surface area contributed by atoms with Gasteiger partial charge in [-0.1, -0.05) is 29.3 Å². The van der Waals surface area contributed by atoms with Gasteiger partial charge in [-0.15, -0.1) is 24.0 Å². The summed E-state index contributed by atoms with van der Waals surface area (Å²) in [4.78, 5) is 16.4. The van der Waals surface area contributed by atoms with Gasteiger partial charge in [0.1, 0.15) is 13.1 Å². The van der Waals surface area contributed by atoms with Crippen molar-refractivity contribution in [3.8, 4) is 0 Å². The van der Waals surface area contributed by atoms with Crippen LogP contribution in [-0.4, -0.2) is 49.6 Å². The van der Waals surface area contributed by atoms with E-state index in [1.807, 2.05) is 13.8 Å². The van der Waals surface area contributed by atoms with Crippen molar-refractivity contribution in [1.29, 1.82) is 0 Å². The van der Waals surface area contributed by atoms with Gasteiger partial charge in [-0.05, 0) is 31.5 Å². The molecule has 1 unspecified atom stereocenters. The second-order valence-electron chi connectivity index (χ2n) is 5.60. The van der Waals surface area contributed by atoms with E-state index in [1.165, 1.54) is 0 Å². The summed E-state index contributed by atoms with van der Waals surface area (Å²) >= 11 is 11.9. The maximum absolute atomic E-state index is 12.3. The van der Waals surface area contributed by atoms with Crippen LogP contribution in [-0.2, 0) is 4.79 Å². The number of nitrogens with zero attached hydrogens (tertiary/aromatic N) is 2. The van der Waals surface area contributed by atoms with Gasteiger partial charge in [0.2, 0.25) is 5.91 Å². The van der Waals surface area contributed by atoms with E-state index in [1.54, 1.807) is 18.2 Å². The first-order valence-corrected chi connectivity index (χ1v) is 8.59. The zero-order valence-electron chi connectivity index (χ0n) is 15.0. The molecule has 0 aliphatic heterocycles. The van der Waals surface area contributed by atoms with E-state index in [9.17, 15) is 18.0 Å². The molecule has 0 aliphatic carbocycles. The summed E-state index contributed by atoms with van der Waals surface area (Å²) in [5.41, 5.74) is 0.838. The first kappa shape index (κ1) is 26.1. The van der Waals surface area contributed by atoms with Crippen molar-refractivity contribution in [2.75, 3.05) is 26.7 Å². The summed E-state index contributed by atoms with van der Waals surface area (Å²) in [6.07, 6.45) is -4.45. The smallest absolute Gasteiger partial charge is 0.357 e. The average molecular weight is 541 g/mol. The Hall–Kier alpha value is -0.940. The molecule has 0 aliphatic rings. The molecule has 0 heterocycles. The number of guanidine groups is 1. The van der Waals surface area contributed by atoms with Crippen molar-refractivity contribution in [3.05, 3.63) is 33.8 Å². The van der Waals surface area contributed by atoms with Gasteiger partial charge in [-0.25, -0.2) is 4.99 Å². The maximum Gasteiger partial charge on any atom is 0.406 e. The molecule has 0 spiro atoms. The number of amides is 1. The minimum Gasteiger partial charge on any atom is -0.357 e. The van der Waals surface area contributed by atoms with Crippen LogP contribution in [0, 0.1) is 0 Å². The minimum atomic E-state index is -4.45. The number of alkyl halides is 3. The molecule has 2 N–H and O–H groups in total. The fourth-order valence-electron chi connectivity index (χ4n) is 2.01. The van der Waals surface area contributed by atoms with Crippen molar-refractivity contribution in [3.63, 3.8) is 0 Å². The lowest BCUT2D eigenvalue weighted by Crippen LogP contribution is -2.41. The fraction of sp³-hybridized carbons (Fsp3) is 0.500. The average Bonchev–Trinajstić information content (AvgIpc) is 2.53. The highest BCUT2D eigenvalue weighted by Crippen LogP contribution is 2.25. The second-order valence-corrected chi connectivity index (χ2v) is 6.41. The summed E-state index contributed by atoms with van der Waals surface area (Å²) < 4.78 is 37.0. The zero-order chi connectivity index (χ0) is 19.9. The van der Waals surface area contributed by atoms with Crippen LogP contribution in [0.2, 0.25) is 10.0 Å². The predicted molar refractivity (Wildman–Crippen MR) is 113 cm³/mol. The lowest BCUT2D eigenvalue weighted by atomic mass is 10.1. The summed E-state index contributed by atoms with van der Waals surface area (Å²) in [5, 5.41) is 6.84. The number of likely N-dealkylation sites (N-methyl/N-ethyl adjacent to an activating group) is 1. The first-order valence-electron chi connectivity index (χ1n) is 7.84. The van der Waals surface area contributed by atoms with Crippen molar-refractivity contribution in [1.82, 2.24) is 15.5 Å². The van der Waals surface area contributed by atoms with Crippen LogP contribution in [0.3, 0.4) is 0 Å². The number of carbonyl (C=O) groups is 1. The molecule has 1 atom stereocenters. The van der Waals surface area contributed by atoms with Crippen LogP contribution in [0.15, 0.2) is 23.2 Å². The molecule has 1 aromatic carbocycles. The third-order valence-electron chi connectivity index (χ3n) is 3.36. The first-order chi connectivity index (χ1) is 12.0. The van der Waals surface area contributed by atoms with Gasteiger partial charge in [0.15, 0.2) is 5.96 Å². The highest BCUT2D eigenvalue weighted by atomic mass is 127. The number of benzene rings is 1. The Bertz CT molecular complexity index is 659. The number of nitrogens with one attached hydrogen (secondary N) is 2.